The van der Waals surface area contributed by atoms with Gasteiger partial charge in [0.15, 0.2) is 0 Å². The van der Waals surface area contributed by atoms with Crippen LogP contribution in [-0.4, -0.2) is 32.0 Å². The SMILES string of the molecule is Cn1c(N)c(NC(=O)c2ccc([N+](=O)[O-])cc2NC(=O)C(F)(F)F)c(=O)n(C)c1=O. The number of anilines is 3. The third-order valence-corrected chi connectivity index (χ3v) is 3.91. The maximum atomic E-state index is 12.6. The number of aromatic nitrogens is 2. The number of nitrogens with two attached hydrogens (primary N) is 1. The molecule has 0 aliphatic carbocycles. The zero-order valence-corrected chi connectivity index (χ0v) is 15.2. The van der Waals surface area contributed by atoms with Crippen molar-refractivity contribution in [3.05, 3.63) is 54.7 Å². The molecule has 0 aliphatic rings. The van der Waals surface area contributed by atoms with Crippen LogP contribution >= 0.6 is 0 Å². The van der Waals surface area contributed by atoms with Crippen molar-refractivity contribution >= 4 is 34.7 Å². The molecule has 1 aromatic heterocycles. The Labute approximate surface area is 163 Å². The molecule has 0 saturated carbocycles. The van der Waals surface area contributed by atoms with Crippen molar-refractivity contribution in [2.75, 3.05) is 16.4 Å². The van der Waals surface area contributed by atoms with Gasteiger partial charge in [-0.3, -0.25) is 33.6 Å². The first-order valence-electron chi connectivity index (χ1n) is 7.79. The van der Waals surface area contributed by atoms with E-state index in [2.05, 4.69) is 0 Å². The number of carbonyl (C=O) groups is 2. The number of halogens is 3. The van der Waals surface area contributed by atoms with Gasteiger partial charge in [-0.05, 0) is 6.07 Å². The van der Waals surface area contributed by atoms with Gasteiger partial charge in [0, 0.05) is 26.2 Å². The van der Waals surface area contributed by atoms with E-state index in [0.29, 0.717) is 10.6 Å². The molecule has 0 spiro atoms. The van der Waals surface area contributed by atoms with E-state index >= 15 is 0 Å². The predicted molar refractivity (Wildman–Crippen MR) is 97.1 cm³/mol. The normalized spacial score (nSPS) is 11.1. The fourth-order valence-corrected chi connectivity index (χ4v) is 2.30. The molecule has 15 heteroatoms. The number of hydrogen-bond donors (Lipinski definition) is 3. The van der Waals surface area contributed by atoms with Crippen molar-refractivity contribution in [2.45, 2.75) is 6.18 Å². The van der Waals surface area contributed by atoms with Gasteiger partial charge in [-0.25, -0.2) is 4.79 Å². The van der Waals surface area contributed by atoms with Crippen LogP contribution in [0.25, 0.3) is 0 Å². The fourth-order valence-electron chi connectivity index (χ4n) is 2.30. The smallest absolute Gasteiger partial charge is 0.383 e. The molecule has 2 aromatic rings. The number of amides is 2. The minimum absolute atomic E-state index is 0.445. The second-order valence-corrected chi connectivity index (χ2v) is 5.86. The van der Waals surface area contributed by atoms with E-state index in [-0.39, 0.29) is 0 Å². The highest BCUT2D eigenvalue weighted by molar-refractivity contribution is 6.11. The maximum absolute atomic E-state index is 12.6. The van der Waals surface area contributed by atoms with Crippen LogP contribution in [0.4, 0.5) is 36.1 Å². The summed E-state index contributed by atoms with van der Waals surface area (Å²) in [6.45, 7) is 0. The molecule has 0 saturated heterocycles. The molecule has 0 radical (unpaired) electrons. The van der Waals surface area contributed by atoms with E-state index in [1.165, 1.54) is 12.4 Å². The Morgan fingerprint density at radius 1 is 1.13 bits per heavy atom. The van der Waals surface area contributed by atoms with Gasteiger partial charge in [0.05, 0.1) is 16.2 Å². The van der Waals surface area contributed by atoms with Crippen molar-refractivity contribution in [3.63, 3.8) is 0 Å². The Kier molecular flexibility index (Phi) is 5.67. The standard InChI is InChI=1S/C15H13F3N6O6/c1-22-10(19)9(12(26)23(2)14(22)28)21-11(25)7-4-3-6(24(29)30)5-8(7)20-13(27)15(16,17)18/h3-5H,19H2,1-2H3,(H,20,27)(H,21,25). The molecule has 1 heterocycles. The molecular formula is C15H13F3N6O6. The second kappa shape index (κ2) is 7.69. The number of nitrogen functional groups attached to an aromatic ring is 1. The van der Waals surface area contributed by atoms with Crippen LogP contribution in [0, 0.1) is 10.1 Å². The van der Waals surface area contributed by atoms with Crippen molar-refractivity contribution < 1.29 is 27.7 Å². The van der Waals surface area contributed by atoms with Crippen LogP contribution in [0.3, 0.4) is 0 Å². The lowest BCUT2D eigenvalue weighted by molar-refractivity contribution is -0.384. The summed E-state index contributed by atoms with van der Waals surface area (Å²) in [5.74, 6) is -4.14. The summed E-state index contributed by atoms with van der Waals surface area (Å²) in [7, 11) is 2.30. The number of carbonyl (C=O) groups excluding carboxylic acids is 2. The monoisotopic (exact) mass is 430 g/mol. The highest BCUT2D eigenvalue weighted by Crippen LogP contribution is 2.26. The third-order valence-electron chi connectivity index (χ3n) is 3.91. The molecule has 0 aliphatic heterocycles. The van der Waals surface area contributed by atoms with Gasteiger partial charge in [0.1, 0.15) is 11.5 Å². The van der Waals surface area contributed by atoms with Crippen LogP contribution in [0.15, 0.2) is 27.8 Å². The number of hydrogen-bond acceptors (Lipinski definition) is 7. The molecule has 2 amide bonds. The minimum atomic E-state index is -5.34. The summed E-state index contributed by atoms with van der Waals surface area (Å²) in [5.41, 5.74) is 1.11. The summed E-state index contributed by atoms with van der Waals surface area (Å²) in [4.78, 5) is 57.7. The number of non-ortho nitro benzene ring substituents is 1. The van der Waals surface area contributed by atoms with Gasteiger partial charge in [-0.15, -0.1) is 0 Å². The van der Waals surface area contributed by atoms with Crippen molar-refractivity contribution in [3.8, 4) is 0 Å². The molecule has 30 heavy (non-hydrogen) atoms. The Morgan fingerprint density at radius 2 is 1.73 bits per heavy atom. The van der Waals surface area contributed by atoms with Crippen LogP contribution in [-0.2, 0) is 18.9 Å². The number of nitrogens with one attached hydrogen (secondary N) is 2. The van der Waals surface area contributed by atoms with Gasteiger partial charge < -0.3 is 16.4 Å². The van der Waals surface area contributed by atoms with Gasteiger partial charge >= 0.3 is 17.8 Å². The van der Waals surface area contributed by atoms with Gasteiger partial charge in [0.2, 0.25) is 0 Å². The number of alkyl halides is 3. The number of nitrogens with zero attached hydrogens (tertiary/aromatic N) is 3. The Hall–Kier alpha value is -4.17. The number of benzene rings is 1. The summed E-state index contributed by atoms with van der Waals surface area (Å²) < 4.78 is 39.2. The molecule has 4 N–H and O–H groups in total. The number of nitro benzene ring substituents is 1. The van der Waals surface area contributed by atoms with Crippen LogP contribution in [0.2, 0.25) is 0 Å². The Morgan fingerprint density at radius 3 is 2.27 bits per heavy atom. The average molecular weight is 430 g/mol. The van der Waals surface area contributed by atoms with E-state index in [9.17, 15) is 42.5 Å². The summed E-state index contributed by atoms with van der Waals surface area (Å²) in [6, 6.07) is 2.13. The first-order valence-corrected chi connectivity index (χ1v) is 7.79. The molecule has 0 bridgehead atoms. The van der Waals surface area contributed by atoms with E-state index in [1.807, 2.05) is 5.32 Å². The van der Waals surface area contributed by atoms with Crippen molar-refractivity contribution in [1.82, 2.24) is 9.13 Å². The van der Waals surface area contributed by atoms with Crippen LogP contribution in [0.1, 0.15) is 10.4 Å². The molecule has 160 valence electrons. The van der Waals surface area contributed by atoms with Gasteiger partial charge in [0.25, 0.3) is 17.2 Å². The average Bonchev–Trinajstić information content (AvgIpc) is 2.67. The highest BCUT2D eigenvalue weighted by atomic mass is 19.4. The minimum Gasteiger partial charge on any atom is -0.383 e. The number of rotatable bonds is 4. The maximum Gasteiger partial charge on any atom is 0.471 e. The fraction of sp³-hybridized carbons (Fsp3) is 0.200. The lowest BCUT2D eigenvalue weighted by Gasteiger charge is -2.15. The van der Waals surface area contributed by atoms with E-state index in [4.69, 9.17) is 5.73 Å². The third kappa shape index (κ3) is 4.13. The largest absolute Gasteiger partial charge is 0.471 e. The molecule has 0 fully saturated rings. The predicted octanol–water partition coefficient (Wildman–Crippen LogP) is 0.327. The van der Waals surface area contributed by atoms with Crippen LogP contribution in [0.5, 0.6) is 0 Å². The zero-order chi connectivity index (χ0) is 23.0. The molecular weight excluding hydrogens is 417 g/mol. The summed E-state index contributed by atoms with van der Waals surface area (Å²) in [6.07, 6.45) is -5.34. The lowest BCUT2D eigenvalue weighted by atomic mass is 10.1. The lowest BCUT2D eigenvalue weighted by Crippen LogP contribution is -2.40. The quantitative estimate of drug-likeness (QED) is 0.463. The highest BCUT2D eigenvalue weighted by Gasteiger charge is 2.39. The van der Waals surface area contributed by atoms with E-state index < -0.39 is 62.6 Å². The Bertz CT molecular complexity index is 1180. The zero-order valence-electron chi connectivity index (χ0n) is 15.2. The van der Waals surface area contributed by atoms with Gasteiger partial charge in [-0.1, -0.05) is 0 Å². The molecule has 0 unspecified atom stereocenters. The number of nitro groups is 1. The van der Waals surface area contributed by atoms with E-state index in [1.54, 1.807) is 0 Å². The Balaban J connectivity index is 2.55. The van der Waals surface area contributed by atoms with Gasteiger partial charge in [-0.2, -0.15) is 13.2 Å². The van der Waals surface area contributed by atoms with Crippen LogP contribution < -0.4 is 27.6 Å². The molecule has 2 rings (SSSR count). The molecule has 0 atom stereocenters. The molecule has 1 aromatic carbocycles. The first-order chi connectivity index (χ1) is 13.8. The summed E-state index contributed by atoms with van der Waals surface area (Å²) >= 11 is 0. The topological polar surface area (TPSA) is 171 Å². The molecule has 12 nitrogen and oxygen atoms in total. The van der Waals surface area contributed by atoms with E-state index in [0.717, 1.165) is 23.7 Å². The van der Waals surface area contributed by atoms with Crippen molar-refractivity contribution in [2.24, 2.45) is 14.1 Å². The van der Waals surface area contributed by atoms with Crippen molar-refractivity contribution in [1.29, 1.82) is 0 Å². The second-order valence-electron chi connectivity index (χ2n) is 5.86. The summed E-state index contributed by atoms with van der Waals surface area (Å²) in [5, 5.41) is 14.3. The first kappa shape index (κ1) is 22.1.